The largest absolute Gasteiger partial charge is 0.0654 e. The van der Waals surface area contributed by atoms with Crippen molar-refractivity contribution < 1.29 is 0 Å². The van der Waals surface area contributed by atoms with Gasteiger partial charge in [-0.2, -0.15) is 0 Å². The van der Waals surface area contributed by atoms with Crippen LogP contribution >= 0.6 is 0 Å². The fourth-order valence-corrected chi connectivity index (χ4v) is 5.64. The van der Waals surface area contributed by atoms with Gasteiger partial charge in [-0.3, -0.25) is 0 Å². The minimum atomic E-state index is 0.540. The molecule has 0 amide bonds. The van der Waals surface area contributed by atoms with Crippen LogP contribution in [0.5, 0.6) is 0 Å². The van der Waals surface area contributed by atoms with E-state index in [1.54, 1.807) is 44.9 Å². The second kappa shape index (κ2) is 9.47. The van der Waals surface area contributed by atoms with Gasteiger partial charge in [-0.1, -0.05) is 85.5 Å². The predicted octanol–water partition coefficient (Wildman–Crippen LogP) is 8.64. The molecule has 0 nitrogen and oxygen atoms in total. The normalized spacial score (nSPS) is 35.5. The van der Waals surface area contributed by atoms with Crippen LogP contribution in [0, 0.1) is 40.9 Å². The van der Waals surface area contributed by atoms with Crippen LogP contribution in [-0.4, -0.2) is 0 Å². The van der Waals surface area contributed by atoms with Crippen LogP contribution in [0.2, 0.25) is 0 Å². The number of hydrogen-bond acceptors (Lipinski definition) is 0. The summed E-state index contributed by atoms with van der Waals surface area (Å²) in [7, 11) is 0. The average molecular weight is 361 g/mol. The second-order valence-electron chi connectivity index (χ2n) is 11.7. The van der Waals surface area contributed by atoms with Crippen molar-refractivity contribution in [2.75, 3.05) is 0 Å². The topological polar surface area (TPSA) is 0 Å². The van der Waals surface area contributed by atoms with Crippen molar-refractivity contribution in [2.24, 2.45) is 40.9 Å². The highest BCUT2D eigenvalue weighted by molar-refractivity contribution is 4.98. The maximum Gasteiger partial charge on any atom is -0.0380 e. The van der Waals surface area contributed by atoms with E-state index in [0.717, 1.165) is 35.5 Å². The molecule has 3 aliphatic carbocycles. The third kappa shape index (κ3) is 7.55. The van der Waals surface area contributed by atoms with Crippen LogP contribution in [0.1, 0.15) is 124 Å². The van der Waals surface area contributed by atoms with Crippen LogP contribution in [0.15, 0.2) is 0 Å². The van der Waals surface area contributed by atoms with Gasteiger partial charge in [0, 0.05) is 0 Å². The van der Waals surface area contributed by atoms with Crippen LogP contribution in [-0.2, 0) is 0 Å². The fraction of sp³-hybridized carbons (Fsp3) is 1.00. The van der Waals surface area contributed by atoms with E-state index in [-0.39, 0.29) is 0 Å². The van der Waals surface area contributed by atoms with Gasteiger partial charge < -0.3 is 0 Å². The lowest BCUT2D eigenvalue weighted by molar-refractivity contribution is 0.356. The summed E-state index contributed by atoms with van der Waals surface area (Å²) >= 11 is 0. The van der Waals surface area contributed by atoms with Gasteiger partial charge in [-0.15, -0.1) is 0 Å². The molecule has 6 unspecified atom stereocenters. The summed E-state index contributed by atoms with van der Waals surface area (Å²) in [5.41, 5.74) is 0.540. The van der Waals surface area contributed by atoms with E-state index in [0.29, 0.717) is 5.41 Å². The molecule has 0 aromatic rings. The Morgan fingerprint density at radius 2 is 1.04 bits per heavy atom. The van der Waals surface area contributed by atoms with Gasteiger partial charge in [-0.05, 0) is 79.4 Å². The highest BCUT2D eigenvalue weighted by atomic mass is 14.5. The SMILES string of the molecule is CCCCCC1CC1CC1CC1CC1CC1CCCCCCC(C)(C)C. The van der Waals surface area contributed by atoms with Gasteiger partial charge in [-0.25, -0.2) is 0 Å². The predicted molar refractivity (Wildman–Crippen MR) is 115 cm³/mol. The summed E-state index contributed by atoms with van der Waals surface area (Å²) in [5, 5.41) is 0. The minimum Gasteiger partial charge on any atom is -0.0654 e. The summed E-state index contributed by atoms with van der Waals surface area (Å²) in [6.45, 7) is 9.46. The van der Waals surface area contributed by atoms with Crippen molar-refractivity contribution in [1.82, 2.24) is 0 Å². The zero-order valence-electron chi connectivity index (χ0n) is 18.6. The molecule has 0 spiro atoms. The van der Waals surface area contributed by atoms with E-state index < -0.39 is 0 Å². The smallest absolute Gasteiger partial charge is 0.0380 e. The lowest BCUT2D eigenvalue weighted by atomic mass is 9.89. The first-order valence-electron chi connectivity index (χ1n) is 12.5. The zero-order valence-corrected chi connectivity index (χ0v) is 18.6. The third-order valence-corrected chi connectivity index (χ3v) is 7.85. The van der Waals surface area contributed by atoms with Gasteiger partial charge in [0.15, 0.2) is 0 Å². The van der Waals surface area contributed by atoms with Crippen molar-refractivity contribution in [3.8, 4) is 0 Å². The first-order chi connectivity index (χ1) is 12.5. The lowest BCUT2D eigenvalue weighted by Crippen LogP contribution is -2.03. The molecule has 3 aliphatic rings. The van der Waals surface area contributed by atoms with Gasteiger partial charge in [0.1, 0.15) is 0 Å². The van der Waals surface area contributed by atoms with Crippen molar-refractivity contribution in [2.45, 2.75) is 124 Å². The van der Waals surface area contributed by atoms with E-state index in [4.69, 9.17) is 0 Å². The Morgan fingerprint density at radius 3 is 1.58 bits per heavy atom. The van der Waals surface area contributed by atoms with Crippen LogP contribution in [0.4, 0.5) is 0 Å². The molecule has 0 saturated heterocycles. The molecule has 0 heteroatoms. The Bertz CT molecular complexity index is 403. The van der Waals surface area contributed by atoms with Crippen molar-refractivity contribution in [3.63, 3.8) is 0 Å². The van der Waals surface area contributed by atoms with Crippen LogP contribution < -0.4 is 0 Å². The van der Waals surface area contributed by atoms with E-state index in [9.17, 15) is 0 Å². The Morgan fingerprint density at radius 1 is 0.577 bits per heavy atom. The molecule has 0 aliphatic heterocycles. The first-order valence-corrected chi connectivity index (χ1v) is 12.5. The molecule has 0 heterocycles. The molecule has 26 heavy (non-hydrogen) atoms. The van der Waals surface area contributed by atoms with E-state index in [1.165, 1.54) is 51.4 Å². The maximum atomic E-state index is 2.38. The highest BCUT2D eigenvalue weighted by Crippen LogP contribution is 2.58. The van der Waals surface area contributed by atoms with E-state index in [1.807, 2.05) is 0 Å². The average Bonchev–Trinajstić information content (AvgIpc) is 3.47. The van der Waals surface area contributed by atoms with Gasteiger partial charge in [0.2, 0.25) is 0 Å². The van der Waals surface area contributed by atoms with Gasteiger partial charge in [0.05, 0.1) is 0 Å². The molecule has 3 fully saturated rings. The fourth-order valence-electron chi connectivity index (χ4n) is 5.64. The zero-order chi connectivity index (χ0) is 18.6. The van der Waals surface area contributed by atoms with E-state index >= 15 is 0 Å². The molecule has 3 saturated carbocycles. The molecular weight excluding hydrogens is 312 g/mol. The van der Waals surface area contributed by atoms with Gasteiger partial charge >= 0.3 is 0 Å². The van der Waals surface area contributed by atoms with E-state index in [2.05, 4.69) is 27.7 Å². The summed E-state index contributed by atoms with van der Waals surface area (Å²) in [6.07, 6.45) is 22.8. The summed E-state index contributed by atoms with van der Waals surface area (Å²) in [6, 6.07) is 0. The van der Waals surface area contributed by atoms with Crippen molar-refractivity contribution in [3.05, 3.63) is 0 Å². The molecule has 0 radical (unpaired) electrons. The Labute approximate surface area is 165 Å². The lowest BCUT2D eigenvalue weighted by Gasteiger charge is -2.17. The molecule has 152 valence electrons. The second-order valence-corrected chi connectivity index (χ2v) is 11.7. The minimum absolute atomic E-state index is 0.540. The Balaban J connectivity index is 1.13. The first kappa shape index (κ1) is 20.7. The number of rotatable bonds is 14. The maximum absolute atomic E-state index is 2.38. The summed E-state index contributed by atoms with van der Waals surface area (Å²) in [4.78, 5) is 0. The highest BCUT2D eigenvalue weighted by Gasteiger charge is 2.48. The molecular formula is C26H48. The number of hydrogen-bond donors (Lipinski definition) is 0. The standard InChI is InChI=1S/C26H48/c1-5-6-9-12-20-15-22(20)17-24-19-25(24)18-23-16-21(23)13-10-7-8-11-14-26(2,3)4/h20-25H,5-19H2,1-4H3. The monoisotopic (exact) mass is 360 g/mol. The molecule has 0 aromatic heterocycles. The summed E-state index contributed by atoms with van der Waals surface area (Å²) in [5.74, 6) is 6.92. The molecule has 6 atom stereocenters. The molecule has 3 rings (SSSR count). The van der Waals surface area contributed by atoms with Gasteiger partial charge in [0.25, 0.3) is 0 Å². The Hall–Kier alpha value is 0. The summed E-state index contributed by atoms with van der Waals surface area (Å²) < 4.78 is 0. The van der Waals surface area contributed by atoms with Crippen LogP contribution in [0.3, 0.4) is 0 Å². The number of unbranched alkanes of at least 4 members (excludes halogenated alkanes) is 5. The van der Waals surface area contributed by atoms with Crippen LogP contribution in [0.25, 0.3) is 0 Å². The molecule has 0 aromatic carbocycles. The third-order valence-electron chi connectivity index (χ3n) is 7.85. The van der Waals surface area contributed by atoms with Crippen molar-refractivity contribution in [1.29, 1.82) is 0 Å². The molecule has 0 N–H and O–H groups in total. The molecule has 0 bridgehead atoms. The van der Waals surface area contributed by atoms with Crippen molar-refractivity contribution >= 4 is 0 Å². The Kier molecular flexibility index (Phi) is 7.55. The quantitative estimate of drug-likeness (QED) is 0.272.